The Morgan fingerprint density at radius 2 is 2.23 bits per heavy atom. The third-order valence-electron chi connectivity index (χ3n) is 5.51. The average molecular weight is 300 g/mol. The van der Waals surface area contributed by atoms with Crippen LogP contribution in [0.15, 0.2) is 18.5 Å². The van der Waals surface area contributed by atoms with Crippen LogP contribution in [-0.4, -0.2) is 33.4 Å². The number of rotatable bonds is 4. The second-order valence-electron chi connectivity index (χ2n) is 6.71. The third-order valence-corrected chi connectivity index (χ3v) is 5.51. The number of aromatic nitrogens is 3. The molecule has 0 bridgehead atoms. The first-order chi connectivity index (χ1) is 10.7. The molecule has 2 aromatic rings. The van der Waals surface area contributed by atoms with Crippen molar-refractivity contribution in [2.24, 2.45) is 5.41 Å². The summed E-state index contributed by atoms with van der Waals surface area (Å²) in [6.45, 7) is 4.93. The molecule has 4 rings (SSSR count). The summed E-state index contributed by atoms with van der Waals surface area (Å²) in [6.07, 6.45) is 10.4. The van der Waals surface area contributed by atoms with Gasteiger partial charge in [0.15, 0.2) is 5.82 Å². The Bertz CT molecular complexity index is 674. The largest absolute Gasteiger partial charge is 0.378 e. The molecule has 2 unspecified atom stereocenters. The van der Waals surface area contributed by atoms with Gasteiger partial charge in [-0.25, -0.2) is 9.50 Å². The number of anilines is 1. The normalized spacial score (nSPS) is 26.5. The summed E-state index contributed by atoms with van der Waals surface area (Å²) in [7, 11) is 0. The van der Waals surface area contributed by atoms with Crippen molar-refractivity contribution in [2.45, 2.75) is 58.1 Å². The zero-order valence-electron chi connectivity index (χ0n) is 13.4. The van der Waals surface area contributed by atoms with Gasteiger partial charge in [0.25, 0.3) is 0 Å². The third kappa shape index (κ3) is 2.02. The van der Waals surface area contributed by atoms with Gasteiger partial charge in [-0.1, -0.05) is 12.8 Å². The van der Waals surface area contributed by atoms with Crippen molar-refractivity contribution in [1.29, 1.82) is 0 Å². The van der Waals surface area contributed by atoms with E-state index in [9.17, 15) is 0 Å². The molecule has 2 aromatic heterocycles. The smallest absolute Gasteiger partial charge is 0.152 e. The van der Waals surface area contributed by atoms with E-state index < -0.39 is 0 Å². The molecule has 0 saturated heterocycles. The van der Waals surface area contributed by atoms with E-state index in [4.69, 9.17) is 4.74 Å². The molecular formula is C17H24N4O. The van der Waals surface area contributed by atoms with Crippen molar-refractivity contribution < 1.29 is 4.74 Å². The summed E-state index contributed by atoms with van der Waals surface area (Å²) in [4.78, 5) is 4.55. The van der Waals surface area contributed by atoms with Gasteiger partial charge in [0.1, 0.15) is 5.52 Å². The Balaban J connectivity index is 1.60. The number of hydrogen-bond acceptors (Lipinski definition) is 4. The summed E-state index contributed by atoms with van der Waals surface area (Å²) in [5.74, 6) is 0.953. The van der Waals surface area contributed by atoms with Crippen LogP contribution in [0.3, 0.4) is 0 Å². The molecule has 2 saturated carbocycles. The van der Waals surface area contributed by atoms with Crippen LogP contribution in [0.25, 0.3) is 5.52 Å². The number of aryl methyl sites for hydroxylation is 1. The molecule has 0 aromatic carbocycles. The maximum absolute atomic E-state index is 6.00. The van der Waals surface area contributed by atoms with E-state index >= 15 is 0 Å². The zero-order chi connectivity index (χ0) is 15.2. The number of nitrogens with zero attached hydrogens (tertiary/aromatic N) is 3. The maximum atomic E-state index is 6.00. The highest BCUT2D eigenvalue weighted by Crippen LogP contribution is 2.55. The Morgan fingerprint density at radius 1 is 1.41 bits per heavy atom. The van der Waals surface area contributed by atoms with Gasteiger partial charge in [0, 0.05) is 30.5 Å². The van der Waals surface area contributed by atoms with E-state index in [2.05, 4.69) is 28.4 Å². The Hall–Kier alpha value is -1.62. The fourth-order valence-corrected chi connectivity index (χ4v) is 4.41. The molecule has 5 nitrogen and oxygen atoms in total. The van der Waals surface area contributed by atoms with Gasteiger partial charge in [-0.3, -0.25) is 0 Å². The van der Waals surface area contributed by atoms with Crippen LogP contribution in [0, 0.1) is 12.3 Å². The van der Waals surface area contributed by atoms with Crippen LogP contribution in [0.5, 0.6) is 0 Å². The highest BCUT2D eigenvalue weighted by atomic mass is 16.5. The highest BCUT2D eigenvalue weighted by Gasteiger charge is 2.56. The Morgan fingerprint density at radius 3 is 3.00 bits per heavy atom. The van der Waals surface area contributed by atoms with Gasteiger partial charge in [0.2, 0.25) is 0 Å². The van der Waals surface area contributed by atoms with E-state index in [0.29, 0.717) is 17.6 Å². The van der Waals surface area contributed by atoms with E-state index in [1.54, 1.807) is 0 Å². The van der Waals surface area contributed by atoms with Crippen molar-refractivity contribution in [3.8, 4) is 0 Å². The van der Waals surface area contributed by atoms with Crippen LogP contribution in [-0.2, 0) is 4.74 Å². The minimum absolute atomic E-state index is 0.319. The van der Waals surface area contributed by atoms with Crippen LogP contribution < -0.4 is 5.32 Å². The van der Waals surface area contributed by atoms with Crippen molar-refractivity contribution in [1.82, 2.24) is 14.6 Å². The molecule has 0 radical (unpaired) electrons. The quantitative estimate of drug-likeness (QED) is 0.942. The summed E-state index contributed by atoms with van der Waals surface area (Å²) in [6, 6.07) is 2.57. The van der Waals surface area contributed by atoms with Crippen molar-refractivity contribution >= 4 is 11.3 Å². The highest BCUT2D eigenvalue weighted by molar-refractivity contribution is 5.68. The summed E-state index contributed by atoms with van der Waals surface area (Å²) >= 11 is 0. The van der Waals surface area contributed by atoms with Gasteiger partial charge >= 0.3 is 0 Å². The Kier molecular flexibility index (Phi) is 3.33. The van der Waals surface area contributed by atoms with E-state index in [1.807, 2.05) is 23.8 Å². The summed E-state index contributed by atoms with van der Waals surface area (Å²) < 4.78 is 7.90. The van der Waals surface area contributed by atoms with E-state index in [-0.39, 0.29) is 0 Å². The minimum atomic E-state index is 0.319. The molecule has 5 heteroatoms. The number of fused-ring (bicyclic) bond motifs is 1. The molecule has 0 amide bonds. The van der Waals surface area contributed by atoms with Crippen LogP contribution in [0.1, 0.15) is 44.7 Å². The van der Waals surface area contributed by atoms with Crippen LogP contribution >= 0.6 is 0 Å². The molecular weight excluding hydrogens is 276 g/mol. The molecule has 2 atom stereocenters. The fourth-order valence-electron chi connectivity index (χ4n) is 4.41. The van der Waals surface area contributed by atoms with Crippen LogP contribution in [0.2, 0.25) is 0 Å². The topological polar surface area (TPSA) is 51.5 Å². The van der Waals surface area contributed by atoms with Gasteiger partial charge in [-0.2, -0.15) is 5.10 Å². The second kappa shape index (κ2) is 5.23. The maximum Gasteiger partial charge on any atom is 0.152 e. The lowest BCUT2D eigenvalue weighted by Gasteiger charge is -2.54. The zero-order valence-corrected chi connectivity index (χ0v) is 13.4. The Labute approximate surface area is 131 Å². The molecule has 2 fully saturated rings. The molecule has 0 aliphatic heterocycles. The number of hydrogen-bond donors (Lipinski definition) is 1. The fraction of sp³-hybridized carbons (Fsp3) is 0.647. The first-order valence-electron chi connectivity index (χ1n) is 8.42. The molecule has 1 N–H and O–H groups in total. The molecule has 2 aliphatic rings. The van der Waals surface area contributed by atoms with Crippen LogP contribution in [0.4, 0.5) is 5.82 Å². The van der Waals surface area contributed by atoms with E-state index in [1.165, 1.54) is 25.7 Å². The minimum Gasteiger partial charge on any atom is -0.378 e. The average Bonchev–Trinajstić information content (AvgIpc) is 3.13. The molecule has 1 spiro atoms. The lowest BCUT2D eigenvalue weighted by atomic mass is 9.60. The van der Waals surface area contributed by atoms with Gasteiger partial charge in [0.05, 0.1) is 11.8 Å². The molecule has 2 aliphatic carbocycles. The lowest BCUT2D eigenvalue weighted by Crippen LogP contribution is -2.60. The van der Waals surface area contributed by atoms with Gasteiger partial charge < -0.3 is 10.1 Å². The standard InChI is InChI=1S/C17H24N4O/c1-3-22-15-11-14(17(15)6-4-5-7-17)19-16-13-10-12(2)20-21(13)9-8-18-16/h8-10,14-15H,3-7,11H2,1-2H3,(H,18,19). The molecule has 2 heterocycles. The van der Waals surface area contributed by atoms with Crippen molar-refractivity contribution in [3.63, 3.8) is 0 Å². The van der Waals surface area contributed by atoms with Gasteiger partial charge in [-0.15, -0.1) is 0 Å². The molecule has 118 valence electrons. The molecule has 22 heavy (non-hydrogen) atoms. The summed E-state index contributed by atoms with van der Waals surface area (Å²) in [5, 5.41) is 8.17. The van der Waals surface area contributed by atoms with Crippen molar-refractivity contribution in [2.75, 3.05) is 11.9 Å². The summed E-state index contributed by atoms with van der Waals surface area (Å²) in [5.41, 5.74) is 2.40. The first-order valence-corrected chi connectivity index (χ1v) is 8.42. The SMILES string of the molecule is CCOC1CC(Nc2nccn3nc(C)cc23)C12CCCC2. The first kappa shape index (κ1) is 14.0. The van der Waals surface area contributed by atoms with E-state index in [0.717, 1.165) is 30.1 Å². The van der Waals surface area contributed by atoms with Crippen molar-refractivity contribution in [3.05, 3.63) is 24.2 Å². The lowest BCUT2D eigenvalue weighted by molar-refractivity contribution is -0.114. The predicted octanol–water partition coefficient (Wildman–Crippen LogP) is 3.19. The monoisotopic (exact) mass is 300 g/mol. The number of nitrogens with one attached hydrogen (secondary N) is 1. The number of ether oxygens (including phenoxy) is 1. The second-order valence-corrected chi connectivity index (χ2v) is 6.71. The predicted molar refractivity (Wildman–Crippen MR) is 86.1 cm³/mol. The van der Waals surface area contributed by atoms with Gasteiger partial charge in [-0.05, 0) is 39.2 Å².